The third-order valence-electron chi connectivity index (χ3n) is 4.33. The highest BCUT2D eigenvalue weighted by Gasteiger charge is 2.21. The Kier molecular flexibility index (Phi) is 5.88. The van der Waals surface area contributed by atoms with Crippen molar-refractivity contribution in [3.8, 4) is 5.75 Å². The van der Waals surface area contributed by atoms with Crippen molar-refractivity contribution in [3.05, 3.63) is 47.5 Å². The molecule has 138 valence electrons. The van der Waals surface area contributed by atoms with Crippen LogP contribution in [-0.4, -0.2) is 34.1 Å². The Bertz CT molecular complexity index is 804. The van der Waals surface area contributed by atoms with Crippen molar-refractivity contribution < 1.29 is 13.9 Å². The molecule has 1 heterocycles. The maximum atomic E-state index is 13.3. The first-order valence-electron chi connectivity index (χ1n) is 8.47. The minimum absolute atomic E-state index is 0.00885. The van der Waals surface area contributed by atoms with E-state index in [2.05, 4.69) is 22.2 Å². The number of ether oxygens (including phenoxy) is 1. The van der Waals surface area contributed by atoms with Crippen LogP contribution >= 0.6 is 11.6 Å². The number of hydrogen-bond acceptors (Lipinski definition) is 4. The van der Waals surface area contributed by atoms with Gasteiger partial charge < -0.3 is 10.1 Å². The second-order valence-corrected chi connectivity index (χ2v) is 6.64. The molecule has 1 saturated carbocycles. The number of aromatic nitrogens is 3. The zero-order chi connectivity index (χ0) is 18.5. The lowest BCUT2D eigenvalue weighted by atomic mass is 9.93. The summed E-state index contributed by atoms with van der Waals surface area (Å²) >= 11 is 5.59. The van der Waals surface area contributed by atoms with Crippen LogP contribution in [0.15, 0.2) is 31.0 Å². The maximum Gasteiger partial charge on any atom is 0.257 e. The van der Waals surface area contributed by atoms with Gasteiger partial charge in [0, 0.05) is 12.6 Å². The van der Waals surface area contributed by atoms with Crippen LogP contribution in [0.5, 0.6) is 5.75 Å². The topological polar surface area (TPSA) is 69.0 Å². The molecule has 0 unspecified atom stereocenters. The summed E-state index contributed by atoms with van der Waals surface area (Å²) in [5.74, 6) is -0.638. The molecular formula is C18H20ClFN4O2. The SMILES string of the molecule is C=C(CCNC(=O)COc1ccc(Cl)c(F)c1)c1cn(C2CCC2)nn1. The lowest BCUT2D eigenvalue weighted by molar-refractivity contribution is -0.123. The van der Waals surface area contributed by atoms with Crippen molar-refractivity contribution in [2.24, 2.45) is 0 Å². The van der Waals surface area contributed by atoms with E-state index < -0.39 is 5.82 Å². The number of hydrogen-bond donors (Lipinski definition) is 1. The van der Waals surface area contributed by atoms with Crippen LogP contribution in [0.25, 0.3) is 5.57 Å². The van der Waals surface area contributed by atoms with Gasteiger partial charge in [-0.1, -0.05) is 23.4 Å². The highest BCUT2D eigenvalue weighted by molar-refractivity contribution is 6.30. The summed E-state index contributed by atoms with van der Waals surface area (Å²) in [4.78, 5) is 11.8. The number of rotatable bonds is 8. The van der Waals surface area contributed by atoms with E-state index in [9.17, 15) is 9.18 Å². The highest BCUT2D eigenvalue weighted by atomic mass is 35.5. The second kappa shape index (κ2) is 8.31. The molecule has 6 nitrogen and oxygen atoms in total. The Labute approximate surface area is 156 Å². The van der Waals surface area contributed by atoms with E-state index in [1.165, 1.54) is 18.6 Å². The number of nitrogens with zero attached hydrogens (tertiary/aromatic N) is 3. The quantitative estimate of drug-likeness (QED) is 0.764. The van der Waals surface area contributed by atoms with Gasteiger partial charge in [-0.2, -0.15) is 0 Å². The predicted octanol–water partition coefficient (Wildman–Crippen LogP) is 3.39. The van der Waals surface area contributed by atoms with Crippen LogP contribution in [0.3, 0.4) is 0 Å². The molecule has 8 heteroatoms. The van der Waals surface area contributed by atoms with E-state index >= 15 is 0 Å². The molecular weight excluding hydrogens is 359 g/mol. The first kappa shape index (κ1) is 18.4. The van der Waals surface area contributed by atoms with Crippen LogP contribution in [0.1, 0.15) is 37.4 Å². The van der Waals surface area contributed by atoms with E-state index in [4.69, 9.17) is 16.3 Å². The zero-order valence-electron chi connectivity index (χ0n) is 14.3. The molecule has 2 aromatic rings. The second-order valence-electron chi connectivity index (χ2n) is 6.24. The first-order chi connectivity index (χ1) is 12.5. The largest absolute Gasteiger partial charge is 0.484 e. The van der Waals surface area contributed by atoms with E-state index in [1.807, 2.05) is 10.9 Å². The molecule has 1 aliphatic carbocycles. The number of carbonyl (C=O) groups excluding carboxylic acids is 1. The summed E-state index contributed by atoms with van der Waals surface area (Å²) in [5, 5.41) is 11.0. The van der Waals surface area contributed by atoms with E-state index in [0.717, 1.165) is 30.2 Å². The number of halogens is 2. The molecule has 3 rings (SSSR count). The van der Waals surface area contributed by atoms with Gasteiger partial charge in [0.25, 0.3) is 5.91 Å². The van der Waals surface area contributed by atoms with Crippen molar-refractivity contribution in [3.63, 3.8) is 0 Å². The van der Waals surface area contributed by atoms with Crippen LogP contribution in [-0.2, 0) is 4.79 Å². The Morgan fingerprint density at radius 2 is 2.27 bits per heavy atom. The molecule has 26 heavy (non-hydrogen) atoms. The van der Waals surface area contributed by atoms with Crippen molar-refractivity contribution in [2.75, 3.05) is 13.2 Å². The summed E-state index contributed by atoms with van der Waals surface area (Å²) in [6.45, 7) is 4.20. The van der Waals surface area contributed by atoms with Crippen LogP contribution in [0.4, 0.5) is 4.39 Å². The van der Waals surface area contributed by atoms with E-state index in [1.54, 1.807) is 0 Å². The van der Waals surface area contributed by atoms with Crippen molar-refractivity contribution in [1.82, 2.24) is 20.3 Å². The Hall–Kier alpha value is -2.41. The van der Waals surface area contributed by atoms with Gasteiger partial charge in [0.15, 0.2) is 6.61 Å². The molecule has 0 spiro atoms. The van der Waals surface area contributed by atoms with Gasteiger partial charge in [-0.05, 0) is 43.4 Å². The standard InChI is InChI=1S/C18H20ClFN4O2/c1-12(17-10-24(23-22-17)13-3-2-4-13)7-8-21-18(25)11-26-14-5-6-15(19)16(20)9-14/h5-6,9-10,13H,1-4,7-8,11H2,(H,21,25). The molecule has 0 bridgehead atoms. The van der Waals surface area contributed by atoms with Gasteiger partial charge in [-0.15, -0.1) is 5.10 Å². The summed E-state index contributed by atoms with van der Waals surface area (Å²) in [6.07, 6.45) is 5.99. The van der Waals surface area contributed by atoms with Gasteiger partial charge in [0.05, 0.1) is 17.3 Å². The number of benzene rings is 1. The number of carbonyl (C=O) groups is 1. The Morgan fingerprint density at radius 3 is 2.96 bits per heavy atom. The van der Waals surface area contributed by atoms with Crippen LogP contribution < -0.4 is 10.1 Å². The Balaban J connectivity index is 1.38. The minimum atomic E-state index is -0.587. The monoisotopic (exact) mass is 378 g/mol. The van der Waals surface area contributed by atoms with Gasteiger partial charge in [0.1, 0.15) is 17.3 Å². The molecule has 1 aromatic heterocycles. The third kappa shape index (κ3) is 4.60. The third-order valence-corrected chi connectivity index (χ3v) is 4.64. The molecule has 1 fully saturated rings. The number of nitrogens with one attached hydrogen (secondary N) is 1. The van der Waals surface area contributed by atoms with E-state index in [0.29, 0.717) is 19.0 Å². The smallest absolute Gasteiger partial charge is 0.257 e. The van der Waals surface area contributed by atoms with Gasteiger partial charge in [-0.25, -0.2) is 9.07 Å². The molecule has 0 atom stereocenters. The fourth-order valence-corrected chi connectivity index (χ4v) is 2.63. The highest BCUT2D eigenvalue weighted by Crippen LogP contribution is 2.31. The molecule has 1 amide bonds. The fourth-order valence-electron chi connectivity index (χ4n) is 2.52. The number of amides is 1. The average molecular weight is 379 g/mol. The minimum Gasteiger partial charge on any atom is -0.484 e. The predicted molar refractivity (Wildman–Crippen MR) is 96.5 cm³/mol. The average Bonchev–Trinajstić information content (AvgIpc) is 3.04. The summed E-state index contributed by atoms with van der Waals surface area (Å²) < 4.78 is 20.4. The summed E-state index contributed by atoms with van der Waals surface area (Å²) in [5.41, 5.74) is 1.57. The first-order valence-corrected chi connectivity index (χ1v) is 8.85. The molecule has 1 N–H and O–H groups in total. The molecule has 0 saturated heterocycles. The fraction of sp³-hybridized carbons (Fsp3) is 0.389. The van der Waals surface area contributed by atoms with Crippen molar-refractivity contribution in [1.29, 1.82) is 0 Å². The molecule has 1 aliphatic rings. The zero-order valence-corrected chi connectivity index (χ0v) is 15.0. The maximum absolute atomic E-state index is 13.3. The van der Waals surface area contributed by atoms with E-state index in [-0.39, 0.29) is 23.3 Å². The lowest BCUT2D eigenvalue weighted by Crippen LogP contribution is -2.29. The van der Waals surface area contributed by atoms with Crippen LogP contribution in [0, 0.1) is 5.82 Å². The van der Waals surface area contributed by atoms with Crippen molar-refractivity contribution >= 4 is 23.1 Å². The van der Waals surface area contributed by atoms with Crippen LogP contribution in [0.2, 0.25) is 5.02 Å². The van der Waals surface area contributed by atoms with Gasteiger partial charge >= 0.3 is 0 Å². The van der Waals surface area contributed by atoms with Crippen molar-refractivity contribution in [2.45, 2.75) is 31.7 Å². The normalized spacial score (nSPS) is 13.9. The summed E-state index contributed by atoms with van der Waals surface area (Å²) in [6, 6.07) is 4.48. The molecule has 1 aromatic carbocycles. The molecule has 0 radical (unpaired) electrons. The summed E-state index contributed by atoms with van der Waals surface area (Å²) in [7, 11) is 0. The Morgan fingerprint density at radius 1 is 1.46 bits per heavy atom. The lowest BCUT2D eigenvalue weighted by Gasteiger charge is -2.24. The molecule has 0 aliphatic heterocycles. The van der Waals surface area contributed by atoms with Gasteiger partial charge in [-0.3, -0.25) is 4.79 Å². The van der Waals surface area contributed by atoms with Gasteiger partial charge in [0.2, 0.25) is 0 Å².